The standard InChI is InChI=1S/C20H14BrN3O2S2/c1-26-17-13(10-11-6-2-3-7-12(11)16(17)21)18(25)23-19(27)24-20-22-14-8-4-5-9-15(14)28-20/h2-10H,1H3,(H2,22,23,24,25,27). The number of hydrogen-bond donors (Lipinski definition) is 2. The van der Waals surface area contributed by atoms with Crippen molar-refractivity contribution in [1.82, 2.24) is 10.3 Å². The summed E-state index contributed by atoms with van der Waals surface area (Å²) in [5.74, 6) is 0.0981. The Bertz CT molecular complexity index is 1190. The van der Waals surface area contributed by atoms with Gasteiger partial charge in [-0.3, -0.25) is 10.1 Å². The van der Waals surface area contributed by atoms with E-state index < -0.39 is 0 Å². The number of hydrogen-bond acceptors (Lipinski definition) is 5. The third-order valence-electron chi connectivity index (χ3n) is 4.13. The first-order chi connectivity index (χ1) is 13.6. The van der Waals surface area contributed by atoms with Crippen molar-refractivity contribution in [2.24, 2.45) is 0 Å². The molecule has 1 aromatic heterocycles. The number of thiazole rings is 1. The van der Waals surface area contributed by atoms with E-state index in [1.807, 2.05) is 48.5 Å². The number of nitrogens with zero attached hydrogens (tertiary/aromatic N) is 1. The molecule has 5 nitrogen and oxygen atoms in total. The molecule has 0 aliphatic carbocycles. The van der Waals surface area contributed by atoms with Crippen LogP contribution in [-0.2, 0) is 0 Å². The second-order valence-corrected chi connectivity index (χ2v) is 8.12. The molecule has 1 amide bonds. The van der Waals surface area contributed by atoms with E-state index in [0.717, 1.165) is 25.5 Å². The summed E-state index contributed by atoms with van der Waals surface area (Å²) in [6.45, 7) is 0. The van der Waals surface area contributed by atoms with Crippen molar-refractivity contribution < 1.29 is 9.53 Å². The van der Waals surface area contributed by atoms with Crippen LogP contribution in [0, 0.1) is 0 Å². The molecule has 0 spiro atoms. The number of anilines is 1. The van der Waals surface area contributed by atoms with Gasteiger partial charge in [-0.1, -0.05) is 47.7 Å². The molecule has 0 aliphatic rings. The van der Waals surface area contributed by atoms with E-state index in [0.29, 0.717) is 16.4 Å². The fourth-order valence-corrected chi connectivity index (χ4v) is 4.74. The number of amides is 1. The number of aromatic nitrogens is 1. The maximum atomic E-state index is 12.8. The summed E-state index contributed by atoms with van der Waals surface area (Å²) in [5.41, 5.74) is 1.27. The van der Waals surface area contributed by atoms with Crippen molar-refractivity contribution in [3.8, 4) is 5.75 Å². The number of benzene rings is 3. The Morgan fingerprint density at radius 3 is 2.71 bits per heavy atom. The van der Waals surface area contributed by atoms with E-state index in [-0.39, 0.29) is 11.0 Å². The van der Waals surface area contributed by atoms with Gasteiger partial charge in [0, 0.05) is 0 Å². The number of methoxy groups -OCH3 is 1. The van der Waals surface area contributed by atoms with Gasteiger partial charge in [-0.15, -0.1) is 0 Å². The lowest BCUT2D eigenvalue weighted by atomic mass is 10.1. The highest BCUT2D eigenvalue weighted by Crippen LogP contribution is 2.36. The summed E-state index contributed by atoms with van der Waals surface area (Å²) >= 11 is 10.3. The Kier molecular flexibility index (Phi) is 5.25. The van der Waals surface area contributed by atoms with E-state index in [1.165, 1.54) is 18.4 Å². The fourth-order valence-electron chi connectivity index (χ4n) is 2.88. The van der Waals surface area contributed by atoms with Gasteiger partial charge in [0.05, 0.1) is 27.4 Å². The third-order valence-corrected chi connectivity index (χ3v) is 6.07. The number of ether oxygens (including phenoxy) is 1. The van der Waals surface area contributed by atoms with Crippen molar-refractivity contribution in [3.63, 3.8) is 0 Å². The largest absolute Gasteiger partial charge is 0.495 e. The molecule has 140 valence electrons. The van der Waals surface area contributed by atoms with Crippen molar-refractivity contribution in [3.05, 3.63) is 64.6 Å². The Morgan fingerprint density at radius 1 is 1.18 bits per heavy atom. The van der Waals surface area contributed by atoms with Gasteiger partial charge >= 0.3 is 0 Å². The van der Waals surface area contributed by atoms with Gasteiger partial charge in [0.1, 0.15) is 5.75 Å². The van der Waals surface area contributed by atoms with Crippen LogP contribution in [-0.4, -0.2) is 23.1 Å². The second kappa shape index (κ2) is 7.83. The molecule has 8 heteroatoms. The Labute approximate surface area is 178 Å². The first kappa shape index (κ1) is 18.8. The minimum absolute atomic E-state index is 0.176. The van der Waals surface area contributed by atoms with E-state index in [9.17, 15) is 4.79 Å². The summed E-state index contributed by atoms with van der Waals surface area (Å²) in [4.78, 5) is 17.3. The number of rotatable bonds is 3. The summed E-state index contributed by atoms with van der Waals surface area (Å²) < 4.78 is 7.23. The highest BCUT2D eigenvalue weighted by atomic mass is 79.9. The molecular formula is C20H14BrN3O2S2. The van der Waals surface area contributed by atoms with Crippen LogP contribution in [0.4, 0.5) is 5.13 Å². The summed E-state index contributed by atoms with van der Waals surface area (Å²) in [6, 6.07) is 17.3. The van der Waals surface area contributed by atoms with Crippen LogP contribution in [0.25, 0.3) is 21.0 Å². The van der Waals surface area contributed by atoms with Crippen molar-refractivity contribution in [1.29, 1.82) is 0 Å². The predicted molar refractivity (Wildman–Crippen MR) is 122 cm³/mol. The molecule has 28 heavy (non-hydrogen) atoms. The average molecular weight is 472 g/mol. The lowest BCUT2D eigenvalue weighted by Gasteiger charge is -2.14. The smallest absolute Gasteiger partial charge is 0.261 e. The zero-order valence-corrected chi connectivity index (χ0v) is 17.9. The zero-order chi connectivity index (χ0) is 19.7. The summed E-state index contributed by atoms with van der Waals surface area (Å²) in [6.07, 6.45) is 0. The van der Waals surface area contributed by atoms with Gasteiger partial charge in [0.15, 0.2) is 10.2 Å². The molecule has 0 aliphatic heterocycles. The monoisotopic (exact) mass is 471 g/mol. The molecule has 0 atom stereocenters. The summed E-state index contributed by atoms with van der Waals surface area (Å²) in [5, 5.41) is 8.36. The van der Waals surface area contributed by atoms with Crippen LogP contribution >= 0.6 is 39.5 Å². The molecule has 1 heterocycles. The van der Waals surface area contributed by atoms with Gasteiger partial charge in [0.25, 0.3) is 5.91 Å². The first-order valence-corrected chi connectivity index (χ1v) is 10.3. The Morgan fingerprint density at radius 2 is 1.93 bits per heavy atom. The molecule has 0 unspecified atom stereocenters. The van der Waals surface area contributed by atoms with Gasteiger partial charge in [0.2, 0.25) is 0 Å². The van der Waals surface area contributed by atoms with E-state index >= 15 is 0 Å². The van der Waals surface area contributed by atoms with E-state index in [1.54, 1.807) is 6.07 Å². The number of halogens is 1. The van der Waals surface area contributed by atoms with E-state index in [4.69, 9.17) is 17.0 Å². The van der Waals surface area contributed by atoms with Crippen LogP contribution in [0.5, 0.6) is 5.75 Å². The van der Waals surface area contributed by atoms with Crippen LogP contribution in [0.1, 0.15) is 10.4 Å². The van der Waals surface area contributed by atoms with Crippen molar-refractivity contribution in [2.45, 2.75) is 0 Å². The first-order valence-electron chi connectivity index (χ1n) is 8.30. The fraction of sp³-hybridized carbons (Fsp3) is 0.0500. The maximum absolute atomic E-state index is 12.8. The molecule has 0 bridgehead atoms. The number of carbonyl (C=O) groups excluding carboxylic acids is 1. The topological polar surface area (TPSA) is 63.2 Å². The van der Waals surface area contributed by atoms with Crippen molar-refractivity contribution >= 4 is 76.6 Å². The van der Waals surface area contributed by atoms with E-state index in [2.05, 4.69) is 31.5 Å². The quantitative estimate of drug-likeness (QED) is 0.394. The Balaban J connectivity index is 1.58. The maximum Gasteiger partial charge on any atom is 0.261 e. The number of carbonyl (C=O) groups is 1. The lowest BCUT2D eigenvalue weighted by molar-refractivity contribution is 0.0975. The lowest BCUT2D eigenvalue weighted by Crippen LogP contribution is -2.34. The van der Waals surface area contributed by atoms with Crippen LogP contribution in [0.15, 0.2) is 59.1 Å². The molecule has 3 aromatic carbocycles. The number of nitrogens with one attached hydrogen (secondary N) is 2. The van der Waals surface area contributed by atoms with Crippen LogP contribution < -0.4 is 15.4 Å². The molecule has 4 aromatic rings. The minimum Gasteiger partial charge on any atom is -0.495 e. The minimum atomic E-state index is -0.359. The average Bonchev–Trinajstić information content (AvgIpc) is 3.09. The second-order valence-electron chi connectivity index (χ2n) is 5.89. The highest BCUT2D eigenvalue weighted by Gasteiger charge is 2.19. The summed E-state index contributed by atoms with van der Waals surface area (Å²) in [7, 11) is 1.53. The SMILES string of the molecule is COc1c(C(=O)NC(=S)Nc2nc3ccccc3s2)cc2ccccc2c1Br. The molecule has 0 saturated carbocycles. The van der Waals surface area contributed by atoms with Crippen LogP contribution in [0.3, 0.4) is 0 Å². The molecule has 2 N–H and O–H groups in total. The normalized spacial score (nSPS) is 10.8. The van der Waals surface area contributed by atoms with Gasteiger partial charge < -0.3 is 10.1 Å². The molecule has 0 saturated heterocycles. The Hall–Kier alpha value is -2.55. The van der Waals surface area contributed by atoms with Crippen molar-refractivity contribution in [2.75, 3.05) is 12.4 Å². The van der Waals surface area contributed by atoms with Crippen LogP contribution in [0.2, 0.25) is 0 Å². The number of para-hydroxylation sites is 1. The molecule has 4 rings (SSSR count). The molecule has 0 radical (unpaired) electrons. The number of thiocarbonyl (C=S) groups is 1. The molecular weight excluding hydrogens is 458 g/mol. The van der Waals surface area contributed by atoms with Gasteiger partial charge in [-0.2, -0.15) is 0 Å². The third kappa shape index (κ3) is 3.58. The van der Waals surface area contributed by atoms with Gasteiger partial charge in [-0.05, 0) is 57.1 Å². The number of fused-ring (bicyclic) bond motifs is 2. The van der Waals surface area contributed by atoms with Gasteiger partial charge in [-0.25, -0.2) is 4.98 Å². The molecule has 0 fully saturated rings. The highest BCUT2D eigenvalue weighted by molar-refractivity contribution is 9.10. The predicted octanol–water partition coefficient (Wildman–Crippen LogP) is 5.35. The zero-order valence-electron chi connectivity index (χ0n) is 14.7.